The van der Waals surface area contributed by atoms with Crippen molar-refractivity contribution in [3.8, 4) is 0 Å². The summed E-state index contributed by atoms with van der Waals surface area (Å²) in [6.45, 7) is 6.33. The van der Waals surface area contributed by atoms with Gasteiger partial charge in [-0.2, -0.15) is 0 Å². The Morgan fingerprint density at radius 1 is 0.651 bits per heavy atom. The van der Waals surface area contributed by atoms with Crippen molar-refractivity contribution in [1.29, 1.82) is 0 Å². The molecular formula is C43H52N4O16. The largest absolute Gasteiger partial charge is 0.481 e. The molecule has 20 nitrogen and oxygen atoms in total. The van der Waals surface area contributed by atoms with Crippen molar-refractivity contribution >= 4 is 59.2 Å². The number of nitrogens with one attached hydrogen (secondary N) is 2. The summed E-state index contributed by atoms with van der Waals surface area (Å²) in [5, 5.41) is 87.5. The van der Waals surface area contributed by atoms with Crippen LogP contribution in [0.15, 0.2) is 67.2 Å². The Hall–Kier alpha value is -6.60. The highest BCUT2D eigenvalue weighted by Crippen LogP contribution is 2.56. The van der Waals surface area contributed by atoms with E-state index in [2.05, 4.69) is 10.6 Å². The van der Waals surface area contributed by atoms with Crippen molar-refractivity contribution in [3.05, 3.63) is 57.2 Å². The number of carbonyl (C=O) groups is 8. The van der Waals surface area contributed by atoms with E-state index < -0.39 is 133 Å². The topological polar surface area (TPSA) is 347 Å². The van der Waals surface area contributed by atoms with Gasteiger partial charge >= 0.3 is 47.8 Å². The third-order valence-corrected chi connectivity index (χ3v) is 13.3. The summed E-state index contributed by atoms with van der Waals surface area (Å²) in [5.74, 6) is -11.0. The Kier molecular flexibility index (Phi) is 13.3. The molecule has 10 N–H and O–H groups in total. The lowest BCUT2D eigenvalue weighted by Crippen LogP contribution is -2.43. The quantitative estimate of drug-likeness (QED) is 0.0819. The van der Waals surface area contributed by atoms with Gasteiger partial charge in [-0.05, 0) is 74.0 Å². The standard InChI is InChI=1S/C43H52N4O16/c1-40(12-11-33(54)55)24(14-35(58)59)38-39-42(3,19-37(62)63)21(6-9-31(50)51)26(45-39)16-29-41(2,18-36(60)61)22(7-10-32(52)53)27(44-29)17-43(4)23(13-34(56)57)20(5-8-30(48)49)25(47-43)15-28(40)46-38/h15-16,21,39,45-46H,5-14,17-19H2,1-4H3,(H,48,49)(H,50,51)(H,52,53)(H,54,55)(H,56,57)(H,58,59)(H,60,61)(H,62,63)/b26-16-,28-15?/t21-,39?,40-,41+,42+,43+/m1/s1. The number of hydrogen-bond donors (Lipinski definition) is 10. The fourth-order valence-corrected chi connectivity index (χ4v) is 10.2. The van der Waals surface area contributed by atoms with Crippen LogP contribution in [0.1, 0.15) is 111 Å². The van der Waals surface area contributed by atoms with Gasteiger partial charge in [0.05, 0.1) is 48.7 Å². The van der Waals surface area contributed by atoms with E-state index in [9.17, 15) is 79.2 Å². The lowest BCUT2D eigenvalue weighted by atomic mass is 9.67. The number of carboxylic acids is 8. The van der Waals surface area contributed by atoms with Crippen LogP contribution in [0.3, 0.4) is 0 Å². The fourth-order valence-electron chi connectivity index (χ4n) is 10.2. The maximum Gasteiger partial charge on any atom is 0.307 e. The molecule has 0 spiro atoms. The summed E-state index contributed by atoms with van der Waals surface area (Å²) in [6, 6.07) is -1.15. The summed E-state index contributed by atoms with van der Waals surface area (Å²) in [6.07, 6.45) is -2.51. The van der Waals surface area contributed by atoms with Crippen LogP contribution in [0.5, 0.6) is 0 Å². The molecule has 1 unspecified atom stereocenters. The van der Waals surface area contributed by atoms with E-state index in [0.717, 1.165) is 0 Å². The van der Waals surface area contributed by atoms with Crippen molar-refractivity contribution in [1.82, 2.24) is 10.6 Å². The molecule has 0 saturated carbocycles. The smallest absolute Gasteiger partial charge is 0.307 e. The average Bonchev–Trinajstić information content (AvgIpc) is 3.73. The van der Waals surface area contributed by atoms with Gasteiger partial charge in [-0.3, -0.25) is 48.3 Å². The number of hydrogen-bond acceptors (Lipinski definition) is 12. The zero-order valence-corrected chi connectivity index (χ0v) is 35.2. The first-order valence-corrected chi connectivity index (χ1v) is 20.3. The van der Waals surface area contributed by atoms with Crippen molar-refractivity contribution < 1.29 is 79.2 Å². The normalized spacial score (nSPS) is 29.3. The third kappa shape index (κ3) is 9.58. The summed E-state index contributed by atoms with van der Waals surface area (Å²) in [5.41, 5.74) is -4.26. The van der Waals surface area contributed by atoms with E-state index in [1.165, 1.54) is 12.2 Å². The van der Waals surface area contributed by atoms with Crippen LogP contribution in [-0.2, 0) is 38.4 Å². The van der Waals surface area contributed by atoms with Gasteiger partial charge in [0.15, 0.2) is 0 Å². The number of fused-ring (bicyclic) bond motifs is 7. The minimum Gasteiger partial charge on any atom is -0.481 e. The summed E-state index contributed by atoms with van der Waals surface area (Å²) < 4.78 is 0. The highest BCUT2D eigenvalue weighted by molar-refractivity contribution is 6.13. The number of aliphatic carboxylic acids is 8. The monoisotopic (exact) mass is 880 g/mol. The molecule has 340 valence electrons. The maximum absolute atomic E-state index is 12.8. The van der Waals surface area contributed by atoms with E-state index in [0.29, 0.717) is 0 Å². The van der Waals surface area contributed by atoms with Crippen LogP contribution < -0.4 is 10.6 Å². The Bertz CT molecular complexity index is 2300. The second-order valence-electron chi connectivity index (χ2n) is 17.7. The molecule has 20 heteroatoms. The highest BCUT2D eigenvalue weighted by Gasteiger charge is 2.57. The van der Waals surface area contributed by atoms with E-state index in [-0.39, 0.29) is 88.6 Å². The molecule has 0 aliphatic carbocycles. The molecule has 1 fully saturated rings. The lowest BCUT2D eigenvalue weighted by molar-refractivity contribution is -0.141. The van der Waals surface area contributed by atoms with E-state index in [1.807, 2.05) is 0 Å². The number of rotatable bonds is 20. The van der Waals surface area contributed by atoms with Crippen LogP contribution in [0.4, 0.5) is 0 Å². The minimum absolute atomic E-state index is 0.0823. The highest BCUT2D eigenvalue weighted by atomic mass is 16.4. The van der Waals surface area contributed by atoms with Gasteiger partial charge in [0.2, 0.25) is 0 Å². The van der Waals surface area contributed by atoms with E-state index in [1.54, 1.807) is 27.7 Å². The van der Waals surface area contributed by atoms with Gasteiger partial charge in [0.1, 0.15) is 0 Å². The molecular weight excluding hydrogens is 828 g/mol. The van der Waals surface area contributed by atoms with Crippen LogP contribution in [0.2, 0.25) is 0 Å². The van der Waals surface area contributed by atoms with Crippen molar-refractivity contribution in [2.75, 3.05) is 0 Å². The average molecular weight is 881 g/mol. The first-order valence-electron chi connectivity index (χ1n) is 20.3. The fraction of sp³-hybridized carbons (Fsp3) is 0.535. The molecule has 5 aliphatic rings. The molecule has 1 saturated heterocycles. The molecule has 0 aromatic rings. The first kappa shape index (κ1) is 47.4. The predicted octanol–water partition coefficient (Wildman–Crippen LogP) is 4.20. The van der Waals surface area contributed by atoms with Gasteiger partial charge in [-0.15, -0.1) is 0 Å². The van der Waals surface area contributed by atoms with E-state index >= 15 is 0 Å². The molecule has 0 aromatic carbocycles. The van der Waals surface area contributed by atoms with Crippen LogP contribution in [0.25, 0.3) is 0 Å². The van der Waals surface area contributed by atoms with E-state index in [4.69, 9.17) is 9.98 Å². The Labute approximate surface area is 360 Å². The molecule has 6 atom stereocenters. The zero-order chi connectivity index (χ0) is 47.0. The minimum atomic E-state index is -1.55. The number of nitrogens with zero attached hydrogens (tertiary/aromatic N) is 2. The Morgan fingerprint density at radius 2 is 1.22 bits per heavy atom. The molecule has 8 bridgehead atoms. The number of carboxylic acid groups (broad SMARTS) is 8. The predicted molar refractivity (Wildman–Crippen MR) is 219 cm³/mol. The van der Waals surface area contributed by atoms with Crippen molar-refractivity contribution in [2.24, 2.45) is 32.1 Å². The zero-order valence-electron chi connectivity index (χ0n) is 35.2. The van der Waals surface area contributed by atoms with Gasteiger partial charge in [-0.1, -0.05) is 13.8 Å². The van der Waals surface area contributed by atoms with Gasteiger partial charge in [-0.25, -0.2) is 0 Å². The summed E-state index contributed by atoms with van der Waals surface area (Å²) in [7, 11) is 0. The first-order chi connectivity index (χ1) is 29.2. The number of allylic oxidation sites excluding steroid dienone is 6. The second-order valence-corrected chi connectivity index (χ2v) is 17.7. The van der Waals surface area contributed by atoms with Gasteiger partial charge < -0.3 is 51.5 Å². The summed E-state index contributed by atoms with van der Waals surface area (Å²) >= 11 is 0. The SMILES string of the molecule is C[C@]1(CCC(=O)O)C2=CC3=N[C@@](C)(CC4=C(CCC(=O)O)[C@](C)(CC(=O)O)C(=N4)/C=C4\NC(C(=C1CC(=O)O)N2)[C@@](C)(CC(=O)O)[C@@H]4CCC(=O)O)C(CC(=O)O)=C3CCC(=O)O. The van der Waals surface area contributed by atoms with Gasteiger partial charge in [0, 0.05) is 77.1 Å². The molecule has 0 radical (unpaired) electrons. The molecule has 63 heavy (non-hydrogen) atoms. The van der Waals surface area contributed by atoms with Crippen LogP contribution >= 0.6 is 0 Å². The summed E-state index contributed by atoms with van der Waals surface area (Å²) in [4.78, 5) is 109. The van der Waals surface area contributed by atoms with Crippen molar-refractivity contribution in [3.63, 3.8) is 0 Å². The Morgan fingerprint density at radius 3 is 1.78 bits per heavy atom. The molecule has 5 rings (SSSR count). The molecule has 5 aliphatic heterocycles. The third-order valence-electron chi connectivity index (χ3n) is 13.3. The number of aliphatic imine (C=N–C) groups is 2. The van der Waals surface area contributed by atoms with Crippen LogP contribution in [0, 0.1) is 22.2 Å². The Balaban J connectivity index is 1.98. The maximum atomic E-state index is 12.8. The van der Waals surface area contributed by atoms with Crippen molar-refractivity contribution in [2.45, 2.75) is 123 Å². The molecule has 0 aromatic heterocycles. The second kappa shape index (κ2) is 17.6. The lowest BCUT2D eigenvalue weighted by Gasteiger charge is -2.35. The van der Waals surface area contributed by atoms with Gasteiger partial charge in [0.25, 0.3) is 0 Å². The molecule has 0 amide bonds. The van der Waals surface area contributed by atoms with Crippen LogP contribution in [-0.4, -0.2) is 112 Å². The molecule has 5 heterocycles.